The second-order valence-electron chi connectivity index (χ2n) is 2.76. The van der Waals surface area contributed by atoms with Gasteiger partial charge in [0.2, 0.25) is 0 Å². The highest BCUT2D eigenvalue weighted by Crippen LogP contribution is 2.05. The van der Waals surface area contributed by atoms with Crippen LogP contribution >= 0.6 is 0 Å². The molecule has 0 unspecified atom stereocenters. The molecule has 0 heterocycles. The summed E-state index contributed by atoms with van der Waals surface area (Å²) in [5.41, 5.74) is 0. The summed E-state index contributed by atoms with van der Waals surface area (Å²) in [6.07, 6.45) is -0.422. The summed E-state index contributed by atoms with van der Waals surface area (Å²) < 4.78 is 0. The van der Waals surface area contributed by atoms with Crippen LogP contribution in [0.25, 0.3) is 0 Å². The summed E-state index contributed by atoms with van der Waals surface area (Å²) >= 11 is 0. The Hall–Kier alpha value is -1.06. The maximum atomic E-state index is 10.4. The number of likely N-dealkylation sites (N-methyl/N-ethyl adjacent to an activating group) is 1. The van der Waals surface area contributed by atoms with Crippen LogP contribution in [0.5, 0.6) is 0 Å². The van der Waals surface area contributed by atoms with Crippen LogP contribution in [0.2, 0.25) is 0 Å². The Balaban J connectivity index is 4.25. The van der Waals surface area contributed by atoms with E-state index in [2.05, 4.69) is 0 Å². The molecular weight excluding hydrogens is 146 g/mol. The van der Waals surface area contributed by atoms with Gasteiger partial charge in [0.15, 0.2) is 0 Å². The van der Waals surface area contributed by atoms with Gasteiger partial charge in [-0.25, -0.2) is 4.79 Å². The first-order valence-electron chi connectivity index (χ1n) is 3.41. The molecule has 0 radical (unpaired) electrons. The summed E-state index contributed by atoms with van der Waals surface area (Å²) in [4.78, 5) is 21.8. The number of hydrogen-bond donors (Lipinski definition) is 1. The van der Waals surface area contributed by atoms with Crippen molar-refractivity contribution in [1.29, 1.82) is 0 Å². The van der Waals surface area contributed by atoms with E-state index in [1.165, 1.54) is 7.05 Å². The molecule has 4 heteroatoms. The molecule has 0 spiro atoms. The highest BCUT2D eigenvalue weighted by molar-refractivity contribution is 5.71. The normalized spacial score (nSPS) is 12.7. The van der Waals surface area contributed by atoms with Gasteiger partial charge in [-0.3, -0.25) is 0 Å². The number of nitrogens with zero attached hydrogens (tertiary/aromatic N) is 1. The lowest BCUT2D eigenvalue weighted by atomic mass is 10.1. The molecule has 0 aliphatic carbocycles. The Morgan fingerprint density at radius 1 is 1.55 bits per heavy atom. The second kappa shape index (κ2) is 3.95. The zero-order chi connectivity index (χ0) is 9.02. The van der Waals surface area contributed by atoms with E-state index in [9.17, 15) is 9.59 Å². The lowest BCUT2D eigenvalue weighted by Crippen LogP contribution is -2.40. The van der Waals surface area contributed by atoms with Crippen LogP contribution in [-0.4, -0.2) is 35.5 Å². The average Bonchev–Trinajstić information content (AvgIpc) is 1.88. The molecule has 0 fully saturated rings. The molecule has 64 valence electrons. The van der Waals surface area contributed by atoms with Crippen molar-refractivity contribution in [1.82, 2.24) is 4.90 Å². The number of carbonyl (C=O) groups excluding carboxylic acids is 1. The van der Waals surface area contributed by atoms with Crippen LogP contribution < -0.4 is 0 Å². The van der Waals surface area contributed by atoms with Crippen LogP contribution in [0.4, 0.5) is 4.79 Å². The van der Waals surface area contributed by atoms with Crippen molar-refractivity contribution in [3.05, 3.63) is 0 Å². The quantitative estimate of drug-likeness (QED) is 0.620. The first-order valence-corrected chi connectivity index (χ1v) is 3.41. The Morgan fingerprint density at radius 2 is 2.00 bits per heavy atom. The summed E-state index contributed by atoms with van der Waals surface area (Å²) in [6, 6.07) is -0.535. The molecule has 0 saturated carbocycles. The maximum Gasteiger partial charge on any atom is 0.407 e. The largest absolute Gasteiger partial charge is 0.465 e. The van der Waals surface area contributed by atoms with Gasteiger partial charge >= 0.3 is 6.09 Å². The molecule has 1 atom stereocenters. The van der Waals surface area contributed by atoms with Gasteiger partial charge in [0.1, 0.15) is 6.29 Å². The summed E-state index contributed by atoms with van der Waals surface area (Å²) in [7, 11) is 1.39. The minimum absolute atomic E-state index is 0.0219. The molecule has 1 N–H and O–H groups in total. The third-order valence-electron chi connectivity index (χ3n) is 1.57. The first-order chi connectivity index (χ1) is 5.00. The molecule has 11 heavy (non-hydrogen) atoms. The van der Waals surface area contributed by atoms with Crippen LogP contribution in [-0.2, 0) is 4.79 Å². The van der Waals surface area contributed by atoms with Gasteiger partial charge in [0.25, 0.3) is 0 Å². The van der Waals surface area contributed by atoms with Crippen LogP contribution in [0.15, 0.2) is 0 Å². The molecule has 0 bridgehead atoms. The zero-order valence-corrected chi connectivity index (χ0v) is 6.94. The number of rotatable bonds is 3. The molecule has 0 aromatic carbocycles. The van der Waals surface area contributed by atoms with E-state index in [0.717, 1.165) is 4.90 Å². The summed E-state index contributed by atoms with van der Waals surface area (Å²) in [5, 5.41) is 8.50. The number of carboxylic acid groups (broad SMARTS) is 1. The molecule has 0 aromatic heterocycles. The average molecular weight is 159 g/mol. The highest BCUT2D eigenvalue weighted by Gasteiger charge is 2.21. The molecule has 0 aromatic rings. The van der Waals surface area contributed by atoms with Crippen molar-refractivity contribution < 1.29 is 14.7 Å². The van der Waals surface area contributed by atoms with Crippen LogP contribution in [0.1, 0.15) is 13.8 Å². The summed E-state index contributed by atoms with van der Waals surface area (Å²) in [5.74, 6) is 0.0219. The molecular formula is C7H13NO3. The molecule has 0 saturated heterocycles. The molecule has 0 aliphatic rings. The fraction of sp³-hybridized carbons (Fsp3) is 0.714. The van der Waals surface area contributed by atoms with E-state index < -0.39 is 12.1 Å². The van der Waals surface area contributed by atoms with Gasteiger partial charge in [-0.05, 0) is 5.92 Å². The summed E-state index contributed by atoms with van der Waals surface area (Å²) in [6.45, 7) is 3.61. The van der Waals surface area contributed by atoms with E-state index in [-0.39, 0.29) is 5.92 Å². The fourth-order valence-corrected chi connectivity index (χ4v) is 0.823. The van der Waals surface area contributed by atoms with E-state index in [1.807, 2.05) is 0 Å². The van der Waals surface area contributed by atoms with Crippen LogP contribution in [0, 0.1) is 5.92 Å². The molecule has 1 amide bonds. The lowest BCUT2D eigenvalue weighted by Gasteiger charge is -2.23. The number of aldehydes is 1. The van der Waals surface area contributed by atoms with E-state index in [0.29, 0.717) is 6.29 Å². The van der Waals surface area contributed by atoms with Gasteiger partial charge < -0.3 is 14.8 Å². The van der Waals surface area contributed by atoms with Gasteiger partial charge in [-0.15, -0.1) is 0 Å². The Bertz CT molecular complexity index is 156. The van der Waals surface area contributed by atoms with Gasteiger partial charge in [-0.2, -0.15) is 0 Å². The second-order valence-corrected chi connectivity index (χ2v) is 2.76. The highest BCUT2D eigenvalue weighted by atomic mass is 16.4. The number of carbonyl (C=O) groups is 2. The smallest absolute Gasteiger partial charge is 0.407 e. The first kappa shape index (κ1) is 9.94. The zero-order valence-electron chi connectivity index (χ0n) is 6.94. The molecule has 0 aliphatic heterocycles. The van der Waals surface area contributed by atoms with Crippen molar-refractivity contribution in [2.45, 2.75) is 19.9 Å². The van der Waals surface area contributed by atoms with Gasteiger partial charge in [0, 0.05) is 7.05 Å². The minimum Gasteiger partial charge on any atom is -0.465 e. The van der Waals surface area contributed by atoms with Crippen molar-refractivity contribution in [3.63, 3.8) is 0 Å². The third kappa shape index (κ3) is 2.57. The van der Waals surface area contributed by atoms with Gasteiger partial charge in [0.05, 0.1) is 6.04 Å². The Kier molecular flexibility index (Phi) is 3.57. The monoisotopic (exact) mass is 159 g/mol. The lowest BCUT2D eigenvalue weighted by molar-refractivity contribution is -0.112. The predicted octanol–water partition coefficient (Wildman–Crippen LogP) is 0.820. The van der Waals surface area contributed by atoms with E-state index in [4.69, 9.17) is 5.11 Å². The SMILES string of the molecule is CC(C)[C@@H](C=O)N(C)C(=O)O. The minimum atomic E-state index is -1.07. The Labute approximate surface area is 65.8 Å². The molecule has 4 nitrogen and oxygen atoms in total. The van der Waals surface area contributed by atoms with E-state index in [1.54, 1.807) is 13.8 Å². The third-order valence-corrected chi connectivity index (χ3v) is 1.57. The van der Waals surface area contributed by atoms with E-state index >= 15 is 0 Å². The number of hydrogen-bond acceptors (Lipinski definition) is 2. The molecule has 0 rings (SSSR count). The van der Waals surface area contributed by atoms with Crippen molar-refractivity contribution in [2.75, 3.05) is 7.05 Å². The predicted molar refractivity (Wildman–Crippen MR) is 40.5 cm³/mol. The van der Waals surface area contributed by atoms with Crippen LogP contribution in [0.3, 0.4) is 0 Å². The number of amides is 1. The Morgan fingerprint density at radius 3 is 2.09 bits per heavy atom. The fourth-order valence-electron chi connectivity index (χ4n) is 0.823. The van der Waals surface area contributed by atoms with Crippen molar-refractivity contribution >= 4 is 12.4 Å². The standard InChI is InChI=1S/C7H13NO3/c1-5(2)6(4-9)8(3)7(10)11/h4-6H,1-3H3,(H,10,11)/t6-/m1/s1. The van der Waals surface area contributed by atoms with Crippen molar-refractivity contribution in [3.8, 4) is 0 Å². The maximum absolute atomic E-state index is 10.4. The van der Waals surface area contributed by atoms with Crippen molar-refractivity contribution in [2.24, 2.45) is 5.92 Å². The topological polar surface area (TPSA) is 57.6 Å². The van der Waals surface area contributed by atoms with Gasteiger partial charge in [-0.1, -0.05) is 13.8 Å².